The van der Waals surface area contributed by atoms with E-state index < -0.39 is 0 Å². The summed E-state index contributed by atoms with van der Waals surface area (Å²) in [5.74, 6) is 1.47. The van der Waals surface area contributed by atoms with Crippen molar-refractivity contribution < 1.29 is 4.74 Å². The Balaban J connectivity index is 2.14. The van der Waals surface area contributed by atoms with E-state index in [9.17, 15) is 0 Å². The topological polar surface area (TPSA) is 34.1 Å². The van der Waals surface area contributed by atoms with E-state index in [0.717, 1.165) is 24.4 Å². The lowest BCUT2D eigenvalue weighted by Crippen LogP contribution is -2.06. The standard InChI is InChI=1S/C15H18N2O/c1-3-12-6-4-8-14(10-12)18-15-9-5-7-13(17-15)11-16-2/h4-10,16H,3,11H2,1-2H3. The third-order valence-electron chi connectivity index (χ3n) is 2.67. The number of hydrogen-bond donors (Lipinski definition) is 1. The Labute approximate surface area is 108 Å². The highest BCUT2D eigenvalue weighted by atomic mass is 16.5. The highest BCUT2D eigenvalue weighted by Crippen LogP contribution is 2.20. The molecule has 3 heteroatoms. The predicted molar refractivity (Wildman–Crippen MR) is 72.9 cm³/mol. The molecule has 0 saturated carbocycles. The zero-order valence-corrected chi connectivity index (χ0v) is 10.8. The average Bonchev–Trinajstić information content (AvgIpc) is 2.40. The molecule has 0 atom stereocenters. The van der Waals surface area contributed by atoms with Crippen LogP contribution >= 0.6 is 0 Å². The van der Waals surface area contributed by atoms with Crippen molar-refractivity contribution in [3.8, 4) is 11.6 Å². The molecule has 0 amide bonds. The molecule has 0 aliphatic heterocycles. The van der Waals surface area contributed by atoms with Gasteiger partial charge in [0.15, 0.2) is 0 Å². The Kier molecular flexibility index (Phi) is 4.31. The lowest BCUT2D eigenvalue weighted by Gasteiger charge is -2.07. The Morgan fingerprint density at radius 2 is 2.00 bits per heavy atom. The summed E-state index contributed by atoms with van der Waals surface area (Å²) in [5.41, 5.74) is 2.24. The van der Waals surface area contributed by atoms with Gasteiger partial charge >= 0.3 is 0 Å². The molecule has 0 fully saturated rings. The Morgan fingerprint density at radius 1 is 1.17 bits per heavy atom. The molecule has 1 heterocycles. The van der Waals surface area contributed by atoms with Crippen LogP contribution in [0.25, 0.3) is 0 Å². The molecule has 2 rings (SSSR count). The van der Waals surface area contributed by atoms with Gasteiger partial charge in [-0.3, -0.25) is 0 Å². The van der Waals surface area contributed by atoms with E-state index in [1.165, 1.54) is 5.56 Å². The molecule has 0 unspecified atom stereocenters. The van der Waals surface area contributed by atoms with Crippen molar-refractivity contribution >= 4 is 0 Å². The predicted octanol–water partition coefficient (Wildman–Crippen LogP) is 3.16. The number of nitrogens with one attached hydrogen (secondary N) is 1. The molecule has 18 heavy (non-hydrogen) atoms. The van der Waals surface area contributed by atoms with Crippen LogP contribution in [0.4, 0.5) is 0 Å². The van der Waals surface area contributed by atoms with Gasteiger partial charge < -0.3 is 10.1 Å². The third kappa shape index (κ3) is 3.31. The van der Waals surface area contributed by atoms with Gasteiger partial charge in [0.05, 0.1) is 5.69 Å². The molecule has 3 nitrogen and oxygen atoms in total. The van der Waals surface area contributed by atoms with Crippen LogP contribution in [0.5, 0.6) is 11.6 Å². The van der Waals surface area contributed by atoms with E-state index in [2.05, 4.69) is 23.3 Å². The fourth-order valence-electron chi connectivity index (χ4n) is 1.74. The molecule has 1 aromatic heterocycles. The van der Waals surface area contributed by atoms with Crippen molar-refractivity contribution in [3.05, 3.63) is 53.7 Å². The summed E-state index contributed by atoms with van der Waals surface area (Å²) in [6, 6.07) is 13.9. The number of rotatable bonds is 5. The minimum absolute atomic E-state index is 0.635. The first-order chi connectivity index (χ1) is 8.81. The van der Waals surface area contributed by atoms with Crippen molar-refractivity contribution in [1.29, 1.82) is 0 Å². The van der Waals surface area contributed by atoms with Gasteiger partial charge in [-0.25, -0.2) is 4.98 Å². The van der Waals surface area contributed by atoms with Crippen LogP contribution in [0, 0.1) is 0 Å². The fraction of sp³-hybridized carbons (Fsp3) is 0.267. The molecule has 2 aromatic rings. The Morgan fingerprint density at radius 3 is 2.78 bits per heavy atom. The molecular weight excluding hydrogens is 224 g/mol. The highest BCUT2D eigenvalue weighted by Gasteiger charge is 2.01. The molecule has 0 bridgehead atoms. The van der Waals surface area contributed by atoms with Crippen LogP contribution in [0.15, 0.2) is 42.5 Å². The summed E-state index contributed by atoms with van der Waals surface area (Å²) in [4.78, 5) is 4.43. The first-order valence-electron chi connectivity index (χ1n) is 6.19. The smallest absolute Gasteiger partial charge is 0.219 e. The van der Waals surface area contributed by atoms with Crippen LogP contribution in [0.3, 0.4) is 0 Å². The maximum absolute atomic E-state index is 5.77. The van der Waals surface area contributed by atoms with E-state index in [4.69, 9.17) is 4.74 Å². The first kappa shape index (κ1) is 12.6. The van der Waals surface area contributed by atoms with E-state index in [0.29, 0.717) is 5.88 Å². The molecule has 0 spiro atoms. The fourth-order valence-corrected chi connectivity index (χ4v) is 1.74. The van der Waals surface area contributed by atoms with E-state index in [1.54, 1.807) is 0 Å². The normalized spacial score (nSPS) is 10.3. The molecule has 0 aliphatic carbocycles. The van der Waals surface area contributed by atoms with Gasteiger partial charge in [0, 0.05) is 12.6 Å². The van der Waals surface area contributed by atoms with Crippen molar-refractivity contribution in [2.24, 2.45) is 0 Å². The quantitative estimate of drug-likeness (QED) is 0.874. The molecule has 0 saturated heterocycles. The van der Waals surface area contributed by atoms with Crippen LogP contribution < -0.4 is 10.1 Å². The molecule has 1 N–H and O–H groups in total. The summed E-state index contributed by atoms with van der Waals surface area (Å²) in [7, 11) is 1.90. The Hall–Kier alpha value is -1.87. The zero-order chi connectivity index (χ0) is 12.8. The number of ether oxygens (including phenoxy) is 1. The number of aryl methyl sites for hydroxylation is 1. The van der Waals surface area contributed by atoms with Crippen molar-refractivity contribution in [1.82, 2.24) is 10.3 Å². The molecule has 1 aromatic carbocycles. The lowest BCUT2D eigenvalue weighted by molar-refractivity contribution is 0.459. The second-order valence-electron chi connectivity index (χ2n) is 4.10. The number of aromatic nitrogens is 1. The van der Waals surface area contributed by atoms with E-state index >= 15 is 0 Å². The molecule has 94 valence electrons. The SMILES string of the molecule is CCc1cccc(Oc2cccc(CNC)n2)c1. The summed E-state index contributed by atoms with van der Waals surface area (Å²) < 4.78 is 5.77. The monoisotopic (exact) mass is 242 g/mol. The maximum atomic E-state index is 5.77. The van der Waals surface area contributed by atoms with Crippen LogP contribution in [-0.4, -0.2) is 12.0 Å². The molecular formula is C15H18N2O. The van der Waals surface area contributed by atoms with Gasteiger partial charge in [-0.2, -0.15) is 0 Å². The zero-order valence-electron chi connectivity index (χ0n) is 10.8. The summed E-state index contributed by atoms with van der Waals surface area (Å²) in [5, 5.41) is 3.08. The van der Waals surface area contributed by atoms with Crippen LogP contribution in [0.1, 0.15) is 18.2 Å². The van der Waals surface area contributed by atoms with Crippen LogP contribution in [-0.2, 0) is 13.0 Å². The van der Waals surface area contributed by atoms with Gasteiger partial charge in [0.1, 0.15) is 5.75 Å². The van der Waals surface area contributed by atoms with Gasteiger partial charge in [-0.05, 0) is 37.2 Å². The van der Waals surface area contributed by atoms with Gasteiger partial charge in [0.25, 0.3) is 0 Å². The maximum Gasteiger partial charge on any atom is 0.219 e. The van der Waals surface area contributed by atoms with Gasteiger partial charge in [0.2, 0.25) is 5.88 Å². The number of benzene rings is 1. The largest absolute Gasteiger partial charge is 0.439 e. The summed E-state index contributed by atoms with van der Waals surface area (Å²) in [6.07, 6.45) is 1.00. The average molecular weight is 242 g/mol. The van der Waals surface area contributed by atoms with Crippen molar-refractivity contribution in [2.75, 3.05) is 7.05 Å². The minimum atomic E-state index is 0.635. The highest BCUT2D eigenvalue weighted by molar-refractivity contribution is 5.31. The summed E-state index contributed by atoms with van der Waals surface area (Å²) >= 11 is 0. The molecule has 0 aliphatic rings. The van der Waals surface area contributed by atoms with Crippen molar-refractivity contribution in [2.45, 2.75) is 19.9 Å². The Bertz CT molecular complexity index is 511. The van der Waals surface area contributed by atoms with E-state index in [-0.39, 0.29) is 0 Å². The second kappa shape index (κ2) is 6.17. The van der Waals surface area contributed by atoms with Gasteiger partial charge in [-0.1, -0.05) is 25.1 Å². The van der Waals surface area contributed by atoms with Gasteiger partial charge in [-0.15, -0.1) is 0 Å². The lowest BCUT2D eigenvalue weighted by atomic mass is 10.2. The second-order valence-corrected chi connectivity index (χ2v) is 4.10. The number of hydrogen-bond acceptors (Lipinski definition) is 3. The van der Waals surface area contributed by atoms with E-state index in [1.807, 2.05) is 43.4 Å². The first-order valence-corrected chi connectivity index (χ1v) is 6.19. The summed E-state index contributed by atoms with van der Waals surface area (Å²) in [6.45, 7) is 2.87. The minimum Gasteiger partial charge on any atom is -0.439 e. The molecule has 0 radical (unpaired) electrons. The third-order valence-corrected chi connectivity index (χ3v) is 2.67. The van der Waals surface area contributed by atoms with Crippen molar-refractivity contribution in [3.63, 3.8) is 0 Å². The number of nitrogens with zero attached hydrogens (tertiary/aromatic N) is 1. The van der Waals surface area contributed by atoms with Crippen LogP contribution in [0.2, 0.25) is 0 Å². The number of pyridine rings is 1.